The highest BCUT2D eigenvalue weighted by molar-refractivity contribution is 4.86. The van der Waals surface area contributed by atoms with E-state index in [2.05, 4.69) is 10.2 Å². The molecule has 2 aliphatic rings. The summed E-state index contributed by atoms with van der Waals surface area (Å²) in [7, 11) is 3.56. The number of nitrogens with one attached hydrogen (secondary N) is 1. The molecule has 2 unspecified atom stereocenters. The quantitative estimate of drug-likeness (QED) is 0.744. The molecule has 0 aromatic heterocycles. The van der Waals surface area contributed by atoms with Crippen LogP contribution in [-0.2, 0) is 9.47 Å². The van der Waals surface area contributed by atoms with Gasteiger partial charge in [0.1, 0.15) is 0 Å². The van der Waals surface area contributed by atoms with Crippen LogP contribution in [0.25, 0.3) is 0 Å². The van der Waals surface area contributed by atoms with Crippen LogP contribution in [0.15, 0.2) is 0 Å². The molecule has 1 N–H and O–H groups in total. The minimum absolute atomic E-state index is 0.239. The van der Waals surface area contributed by atoms with Gasteiger partial charge in [0.25, 0.3) is 0 Å². The van der Waals surface area contributed by atoms with Crippen LogP contribution in [0, 0.1) is 0 Å². The molecule has 2 atom stereocenters. The average Bonchev–Trinajstić information content (AvgIpc) is 2.65. The van der Waals surface area contributed by atoms with Crippen LogP contribution in [0.4, 0.5) is 0 Å². The molecule has 0 aromatic carbocycles. The summed E-state index contributed by atoms with van der Waals surface area (Å²) in [5.41, 5.74) is 0. The predicted octanol–water partition coefficient (Wildman–Crippen LogP) is 1.64. The van der Waals surface area contributed by atoms with E-state index in [0.29, 0.717) is 0 Å². The van der Waals surface area contributed by atoms with Gasteiger partial charge in [0.05, 0.1) is 12.2 Å². The molecular formula is C15H30N2O2. The second-order valence-electron chi connectivity index (χ2n) is 5.95. The van der Waals surface area contributed by atoms with Crippen LogP contribution in [-0.4, -0.2) is 63.5 Å². The number of hydrogen-bond acceptors (Lipinski definition) is 4. The zero-order chi connectivity index (χ0) is 13.5. The average molecular weight is 270 g/mol. The smallest absolute Gasteiger partial charge is 0.0971 e. The Bertz CT molecular complexity index is 230. The van der Waals surface area contributed by atoms with Gasteiger partial charge >= 0.3 is 0 Å². The Balaban J connectivity index is 1.63. The SMILES string of the molecule is COC1CN(CCNC2CCCCCC2)CC1OC. The highest BCUT2D eigenvalue weighted by Crippen LogP contribution is 2.18. The first kappa shape index (κ1) is 15.2. The largest absolute Gasteiger partial charge is 0.377 e. The van der Waals surface area contributed by atoms with Gasteiger partial charge in [0, 0.05) is 46.4 Å². The summed E-state index contributed by atoms with van der Waals surface area (Å²) < 4.78 is 10.9. The van der Waals surface area contributed by atoms with E-state index in [1.54, 1.807) is 14.2 Å². The van der Waals surface area contributed by atoms with Gasteiger partial charge in [-0.15, -0.1) is 0 Å². The van der Waals surface area contributed by atoms with Crippen LogP contribution in [0.1, 0.15) is 38.5 Å². The fourth-order valence-corrected chi connectivity index (χ4v) is 3.36. The predicted molar refractivity (Wildman–Crippen MR) is 77.5 cm³/mol. The zero-order valence-corrected chi connectivity index (χ0v) is 12.6. The van der Waals surface area contributed by atoms with Crippen LogP contribution in [0.5, 0.6) is 0 Å². The molecule has 0 spiro atoms. The lowest BCUT2D eigenvalue weighted by Crippen LogP contribution is -2.36. The fourth-order valence-electron chi connectivity index (χ4n) is 3.36. The van der Waals surface area contributed by atoms with Crippen LogP contribution < -0.4 is 5.32 Å². The molecule has 0 bridgehead atoms. The Labute approximate surface area is 117 Å². The maximum atomic E-state index is 5.47. The Kier molecular flexibility index (Phi) is 6.57. The minimum atomic E-state index is 0.239. The van der Waals surface area contributed by atoms with E-state index in [1.807, 2.05) is 0 Å². The second-order valence-corrected chi connectivity index (χ2v) is 5.95. The molecule has 112 valence electrons. The van der Waals surface area contributed by atoms with E-state index in [4.69, 9.17) is 9.47 Å². The topological polar surface area (TPSA) is 33.7 Å². The summed E-state index contributed by atoms with van der Waals surface area (Å²) in [5, 5.41) is 3.73. The van der Waals surface area contributed by atoms with E-state index in [1.165, 1.54) is 38.5 Å². The molecule has 0 aromatic rings. The van der Waals surface area contributed by atoms with E-state index in [9.17, 15) is 0 Å². The molecule has 4 heteroatoms. The standard InChI is InChI=1S/C15H30N2O2/c1-18-14-11-17(12-15(14)19-2)10-9-16-13-7-5-3-4-6-8-13/h13-16H,3-12H2,1-2H3. The highest BCUT2D eigenvalue weighted by atomic mass is 16.5. The fraction of sp³-hybridized carbons (Fsp3) is 1.00. The number of ether oxygens (including phenoxy) is 2. The maximum Gasteiger partial charge on any atom is 0.0971 e. The summed E-state index contributed by atoms with van der Waals surface area (Å²) in [4.78, 5) is 2.45. The third-order valence-electron chi connectivity index (χ3n) is 4.61. The Morgan fingerprint density at radius 2 is 1.53 bits per heavy atom. The van der Waals surface area contributed by atoms with Crippen LogP contribution in [0.2, 0.25) is 0 Å². The minimum Gasteiger partial charge on any atom is -0.377 e. The zero-order valence-electron chi connectivity index (χ0n) is 12.6. The van der Waals surface area contributed by atoms with Gasteiger partial charge in [-0.3, -0.25) is 4.90 Å². The molecule has 1 heterocycles. The van der Waals surface area contributed by atoms with Gasteiger partial charge in [0.2, 0.25) is 0 Å². The second kappa shape index (κ2) is 8.20. The van der Waals surface area contributed by atoms with Gasteiger partial charge in [-0.2, -0.15) is 0 Å². The summed E-state index contributed by atoms with van der Waals surface area (Å²) in [5.74, 6) is 0. The molecule has 1 saturated heterocycles. The van der Waals surface area contributed by atoms with Crippen molar-refractivity contribution < 1.29 is 9.47 Å². The summed E-state index contributed by atoms with van der Waals surface area (Å²) >= 11 is 0. The van der Waals surface area contributed by atoms with E-state index >= 15 is 0 Å². The van der Waals surface area contributed by atoms with Crippen molar-refractivity contribution in [1.82, 2.24) is 10.2 Å². The molecule has 1 aliphatic carbocycles. The van der Waals surface area contributed by atoms with Crippen LogP contribution in [0.3, 0.4) is 0 Å². The number of methoxy groups -OCH3 is 2. The van der Waals surface area contributed by atoms with Gasteiger partial charge in [0.15, 0.2) is 0 Å². The highest BCUT2D eigenvalue weighted by Gasteiger charge is 2.32. The molecule has 1 aliphatic heterocycles. The van der Waals surface area contributed by atoms with Crippen LogP contribution >= 0.6 is 0 Å². The van der Waals surface area contributed by atoms with Gasteiger partial charge in [-0.1, -0.05) is 25.7 Å². The van der Waals surface area contributed by atoms with E-state index in [-0.39, 0.29) is 12.2 Å². The monoisotopic (exact) mass is 270 g/mol. The Morgan fingerprint density at radius 3 is 2.05 bits per heavy atom. The third-order valence-corrected chi connectivity index (χ3v) is 4.61. The van der Waals surface area contributed by atoms with Crippen molar-refractivity contribution in [2.75, 3.05) is 40.4 Å². The molecule has 19 heavy (non-hydrogen) atoms. The van der Waals surface area contributed by atoms with Crippen molar-refractivity contribution in [3.8, 4) is 0 Å². The van der Waals surface area contributed by atoms with Crippen molar-refractivity contribution in [2.24, 2.45) is 0 Å². The van der Waals surface area contributed by atoms with Gasteiger partial charge < -0.3 is 14.8 Å². The number of likely N-dealkylation sites (tertiary alicyclic amines) is 1. The van der Waals surface area contributed by atoms with E-state index in [0.717, 1.165) is 32.2 Å². The van der Waals surface area contributed by atoms with Crippen molar-refractivity contribution in [3.05, 3.63) is 0 Å². The number of rotatable bonds is 6. The summed E-state index contributed by atoms with van der Waals surface area (Å²) in [6.07, 6.45) is 8.86. The molecule has 4 nitrogen and oxygen atoms in total. The first-order valence-electron chi connectivity index (χ1n) is 7.85. The lowest BCUT2D eigenvalue weighted by atomic mass is 10.1. The normalized spacial score (nSPS) is 30.6. The van der Waals surface area contributed by atoms with Gasteiger partial charge in [-0.05, 0) is 12.8 Å². The lowest BCUT2D eigenvalue weighted by Gasteiger charge is -2.20. The van der Waals surface area contributed by atoms with Gasteiger partial charge in [-0.25, -0.2) is 0 Å². The van der Waals surface area contributed by atoms with Crippen molar-refractivity contribution in [1.29, 1.82) is 0 Å². The van der Waals surface area contributed by atoms with Crippen molar-refractivity contribution in [2.45, 2.75) is 56.8 Å². The number of hydrogen-bond donors (Lipinski definition) is 1. The summed E-state index contributed by atoms with van der Waals surface area (Å²) in [6.45, 7) is 4.20. The summed E-state index contributed by atoms with van der Waals surface area (Å²) in [6, 6.07) is 0.751. The van der Waals surface area contributed by atoms with Crippen molar-refractivity contribution in [3.63, 3.8) is 0 Å². The first-order chi connectivity index (χ1) is 9.33. The molecular weight excluding hydrogens is 240 g/mol. The van der Waals surface area contributed by atoms with E-state index < -0.39 is 0 Å². The molecule has 2 fully saturated rings. The molecule has 0 amide bonds. The first-order valence-corrected chi connectivity index (χ1v) is 7.85. The molecule has 2 rings (SSSR count). The molecule has 1 saturated carbocycles. The Hall–Kier alpha value is -0.160. The Morgan fingerprint density at radius 1 is 0.947 bits per heavy atom. The third kappa shape index (κ3) is 4.71. The molecule has 0 radical (unpaired) electrons. The number of nitrogens with zero attached hydrogens (tertiary/aromatic N) is 1. The lowest BCUT2D eigenvalue weighted by molar-refractivity contribution is -0.00461. The maximum absolute atomic E-state index is 5.47. The van der Waals surface area contributed by atoms with Crippen molar-refractivity contribution >= 4 is 0 Å².